The van der Waals surface area contributed by atoms with E-state index in [1.165, 1.54) is 0 Å². The minimum Gasteiger partial charge on any atom is -0.310 e. The van der Waals surface area contributed by atoms with Crippen LogP contribution in [0.2, 0.25) is 0 Å². The normalized spacial score (nSPS) is 10.2. The van der Waals surface area contributed by atoms with Crippen molar-refractivity contribution in [1.82, 2.24) is 4.98 Å². The van der Waals surface area contributed by atoms with Gasteiger partial charge in [-0.3, -0.25) is 4.79 Å². The van der Waals surface area contributed by atoms with Gasteiger partial charge in [-0.2, -0.15) is 0 Å². The van der Waals surface area contributed by atoms with Gasteiger partial charge >= 0.3 is 0 Å². The van der Waals surface area contributed by atoms with E-state index in [4.69, 9.17) is 0 Å². The Labute approximate surface area is 129 Å². The van der Waals surface area contributed by atoms with E-state index < -0.39 is 0 Å². The molecule has 0 saturated carbocycles. The summed E-state index contributed by atoms with van der Waals surface area (Å²) in [6.07, 6.45) is 1.98. The van der Waals surface area contributed by atoms with E-state index >= 15 is 0 Å². The molecule has 0 saturated heterocycles. The summed E-state index contributed by atoms with van der Waals surface area (Å²) in [6.45, 7) is 0. The number of benzene rings is 2. The van der Waals surface area contributed by atoms with Crippen molar-refractivity contribution in [3.8, 4) is 11.1 Å². The van der Waals surface area contributed by atoms with Crippen molar-refractivity contribution >= 4 is 11.7 Å². The van der Waals surface area contributed by atoms with Crippen LogP contribution in [0.5, 0.6) is 0 Å². The first-order valence-electron chi connectivity index (χ1n) is 7.17. The van der Waals surface area contributed by atoms with Crippen LogP contribution in [0.15, 0.2) is 79.0 Å². The second-order valence-corrected chi connectivity index (χ2v) is 4.96. The molecule has 0 spiro atoms. The summed E-state index contributed by atoms with van der Waals surface area (Å²) >= 11 is 0. The molecule has 2 aromatic carbocycles. The van der Waals surface area contributed by atoms with Crippen LogP contribution in [0.25, 0.3) is 11.1 Å². The van der Waals surface area contributed by atoms with Crippen molar-refractivity contribution in [2.45, 2.75) is 6.42 Å². The largest absolute Gasteiger partial charge is 0.310 e. The zero-order valence-electron chi connectivity index (χ0n) is 12.1. The molecular formula is C19H16N2O. The van der Waals surface area contributed by atoms with E-state index in [0.29, 0.717) is 12.2 Å². The lowest BCUT2D eigenvalue weighted by molar-refractivity contribution is -0.115. The van der Waals surface area contributed by atoms with E-state index in [2.05, 4.69) is 22.4 Å². The average molecular weight is 288 g/mol. The zero-order valence-corrected chi connectivity index (χ0v) is 12.1. The highest BCUT2D eigenvalue weighted by atomic mass is 16.1. The highest BCUT2D eigenvalue weighted by molar-refractivity contribution is 5.92. The van der Waals surface area contributed by atoms with Crippen LogP contribution < -0.4 is 5.32 Å². The molecule has 1 amide bonds. The lowest BCUT2D eigenvalue weighted by Gasteiger charge is -2.10. The summed E-state index contributed by atoms with van der Waals surface area (Å²) in [5.41, 5.74) is 3.20. The van der Waals surface area contributed by atoms with Gasteiger partial charge in [-0.05, 0) is 28.8 Å². The van der Waals surface area contributed by atoms with Crippen molar-refractivity contribution in [3.05, 3.63) is 84.6 Å². The summed E-state index contributed by atoms with van der Waals surface area (Å²) < 4.78 is 0. The molecule has 3 heteroatoms. The van der Waals surface area contributed by atoms with Gasteiger partial charge in [-0.25, -0.2) is 4.98 Å². The van der Waals surface area contributed by atoms with Gasteiger partial charge in [-0.15, -0.1) is 0 Å². The summed E-state index contributed by atoms with van der Waals surface area (Å²) in [5, 5.41) is 2.82. The number of carbonyl (C=O) groups is 1. The molecule has 1 N–H and O–H groups in total. The van der Waals surface area contributed by atoms with Crippen molar-refractivity contribution < 1.29 is 4.79 Å². The molecule has 3 nitrogen and oxygen atoms in total. The first kappa shape index (κ1) is 14.0. The molecule has 108 valence electrons. The minimum atomic E-state index is -0.0675. The highest BCUT2D eigenvalue weighted by Gasteiger charge is 2.09. The van der Waals surface area contributed by atoms with Crippen LogP contribution in [-0.4, -0.2) is 10.9 Å². The number of rotatable bonds is 4. The van der Waals surface area contributed by atoms with Crippen LogP contribution in [0.1, 0.15) is 5.56 Å². The Kier molecular flexibility index (Phi) is 4.25. The number of nitrogens with zero attached hydrogens (tertiary/aromatic N) is 1. The first-order chi connectivity index (χ1) is 10.8. The molecule has 22 heavy (non-hydrogen) atoms. The number of aromatic nitrogens is 1. The van der Waals surface area contributed by atoms with Crippen LogP contribution in [-0.2, 0) is 11.2 Å². The minimum absolute atomic E-state index is 0.0675. The molecule has 1 heterocycles. The lowest BCUT2D eigenvalue weighted by Crippen LogP contribution is -2.15. The van der Waals surface area contributed by atoms with Crippen LogP contribution >= 0.6 is 0 Å². The Morgan fingerprint density at radius 2 is 1.59 bits per heavy atom. The number of carbonyl (C=O) groups excluding carboxylic acids is 1. The van der Waals surface area contributed by atoms with E-state index in [0.717, 1.165) is 16.7 Å². The number of hydrogen-bond donors (Lipinski definition) is 1. The lowest BCUT2D eigenvalue weighted by atomic mass is 9.97. The molecule has 0 aliphatic heterocycles. The smallest absolute Gasteiger partial charge is 0.229 e. The molecular weight excluding hydrogens is 272 g/mol. The first-order valence-corrected chi connectivity index (χ1v) is 7.17. The van der Waals surface area contributed by atoms with Gasteiger partial charge in [0.05, 0.1) is 6.42 Å². The van der Waals surface area contributed by atoms with Crippen molar-refractivity contribution in [2.75, 3.05) is 5.32 Å². The highest BCUT2D eigenvalue weighted by Crippen LogP contribution is 2.23. The van der Waals surface area contributed by atoms with Gasteiger partial charge in [-0.1, -0.05) is 60.7 Å². The fourth-order valence-electron chi connectivity index (χ4n) is 2.37. The maximum absolute atomic E-state index is 12.2. The quantitative estimate of drug-likeness (QED) is 0.790. The summed E-state index contributed by atoms with van der Waals surface area (Å²) in [5.74, 6) is 0.506. The van der Waals surface area contributed by atoms with Gasteiger partial charge in [0.15, 0.2) is 0 Å². The Hall–Kier alpha value is -2.94. The van der Waals surface area contributed by atoms with E-state index in [1.54, 1.807) is 12.3 Å². The molecule has 1 aromatic heterocycles. The van der Waals surface area contributed by atoms with Crippen LogP contribution in [0.3, 0.4) is 0 Å². The zero-order chi connectivity index (χ0) is 15.2. The summed E-state index contributed by atoms with van der Waals surface area (Å²) in [6, 6.07) is 23.5. The third-order valence-corrected chi connectivity index (χ3v) is 3.39. The standard InChI is InChI=1S/C19H16N2O/c22-19(21-18-12-6-7-13-20-18)14-16-10-4-5-11-17(16)15-8-2-1-3-9-15/h1-13H,14H2,(H,20,21,22). The predicted molar refractivity (Wildman–Crippen MR) is 88.4 cm³/mol. The van der Waals surface area contributed by atoms with Crippen molar-refractivity contribution in [1.29, 1.82) is 0 Å². The van der Waals surface area contributed by atoms with Gasteiger partial charge in [0.25, 0.3) is 0 Å². The van der Waals surface area contributed by atoms with E-state index in [-0.39, 0.29) is 5.91 Å². The van der Waals surface area contributed by atoms with Gasteiger partial charge in [0, 0.05) is 6.20 Å². The molecule has 0 unspecified atom stereocenters. The summed E-state index contributed by atoms with van der Waals surface area (Å²) in [7, 11) is 0. The molecule has 0 aliphatic rings. The molecule has 3 rings (SSSR count). The predicted octanol–water partition coefficient (Wildman–Crippen LogP) is 3.93. The van der Waals surface area contributed by atoms with Crippen molar-refractivity contribution in [3.63, 3.8) is 0 Å². The maximum Gasteiger partial charge on any atom is 0.229 e. The molecule has 0 radical (unpaired) electrons. The number of pyridine rings is 1. The van der Waals surface area contributed by atoms with E-state index in [9.17, 15) is 4.79 Å². The number of amides is 1. The fourth-order valence-corrected chi connectivity index (χ4v) is 2.37. The van der Waals surface area contributed by atoms with Crippen LogP contribution in [0.4, 0.5) is 5.82 Å². The number of anilines is 1. The topological polar surface area (TPSA) is 42.0 Å². The SMILES string of the molecule is O=C(Cc1ccccc1-c1ccccc1)Nc1ccccn1. The molecule has 0 aliphatic carbocycles. The third-order valence-electron chi connectivity index (χ3n) is 3.39. The molecule has 3 aromatic rings. The monoisotopic (exact) mass is 288 g/mol. The molecule has 0 fully saturated rings. The Morgan fingerprint density at radius 3 is 2.36 bits per heavy atom. The number of hydrogen-bond acceptors (Lipinski definition) is 2. The Morgan fingerprint density at radius 1 is 0.864 bits per heavy atom. The van der Waals surface area contributed by atoms with Crippen molar-refractivity contribution in [2.24, 2.45) is 0 Å². The van der Waals surface area contributed by atoms with Gasteiger partial charge in [0.2, 0.25) is 5.91 Å². The summed E-state index contributed by atoms with van der Waals surface area (Å²) in [4.78, 5) is 16.3. The maximum atomic E-state index is 12.2. The third kappa shape index (κ3) is 3.38. The second-order valence-electron chi connectivity index (χ2n) is 4.96. The number of nitrogens with one attached hydrogen (secondary N) is 1. The average Bonchev–Trinajstić information content (AvgIpc) is 2.57. The Bertz CT molecular complexity index is 755. The van der Waals surface area contributed by atoms with Gasteiger partial charge < -0.3 is 5.32 Å². The van der Waals surface area contributed by atoms with Crippen LogP contribution in [0, 0.1) is 0 Å². The fraction of sp³-hybridized carbons (Fsp3) is 0.0526. The van der Waals surface area contributed by atoms with Gasteiger partial charge in [0.1, 0.15) is 5.82 Å². The molecule has 0 bridgehead atoms. The van der Waals surface area contributed by atoms with E-state index in [1.807, 2.05) is 54.6 Å². The Balaban J connectivity index is 1.80. The molecule has 0 atom stereocenters. The second kappa shape index (κ2) is 6.68.